The average Bonchev–Trinajstić information content (AvgIpc) is 3.37. The first kappa shape index (κ1) is 40.6. The molecule has 3 fully saturated rings. The van der Waals surface area contributed by atoms with Crippen molar-refractivity contribution in [1.82, 2.24) is 0 Å². The molecule has 4 aliphatic rings. The Morgan fingerprint density at radius 3 is 1.73 bits per heavy atom. The van der Waals surface area contributed by atoms with Crippen molar-refractivity contribution in [2.75, 3.05) is 6.61 Å². The molecule has 0 spiro atoms. The highest BCUT2D eigenvalue weighted by atomic mass is 16.6. The molecule has 0 radical (unpaired) electrons. The van der Waals surface area contributed by atoms with E-state index in [-0.39, 0.29) is 36.1 Å². The normalized spacial score (nSPS) is 33.2. The lowest BCUT2D eigenvalue weighted by molar-refractivity contribution is -0.352. The Morgan fingerprint density at radius 2 is 1.27 bits per heavy atom. The second kappa shape index (κ2) is 14.8. The first-order valence-electron chi connectivity index (χ1n) is 18.6. The summed E-state index contributed by atoms with van der Waals surface area (Å²) in [6, 6.07) is 16.1. The van der Waals surface area contributed by atoms with E-state index in [0.29, 0.717) is 5.57 Å². The zero-order valence-corrected chi connectivity index (χ0v) is 32.7. The van der Waals surface area contributed by atoms with Gasteiger partial charge in [0, 0.05) is 40.5 Å². The summed E-state index contributed by atoms with van der Waals surface area (Å²) >= 11 is 0. The molecule has 14 nitrogen and oxygen atoms in total. The molecule has 56 heavy (non-hydrogen) atoms. The summed E-state index contributed by atoms with van der Waals surface area (Å²) in [6.07, 6.45) is -8.24. The van der Waals surface area contributed by atoms with E-state index in [1.807, 2.05) is 0 Å². The van der Waals surface area contributed by atoms with E-state index in [1.54, 1.807) is 62.4 Å². The van der Waals surface area contributed by atoms with Crippen molar-refractivity contribution < 1.29 is 67.0 Å². The van der Waals surface area contributed by atoms with Crippen LogP contribution in [0, 0.1) is 16.7 Å². The minimum Gasteiger partial charge on any atom is -0.462 e. The van der Waals surface area contributed by atoms with E-state index in [9.17, 15) is 33.9 Å². The molecule has 2 aromatic carbocycles. The largest absolute Gasteiger partial charge is 0.462 e. The van der Waals surface area contributed by atoms with Gasteiger partial charge in [0.05, 0.1) is 40.1 Å². The molecule has 3 aliphatic carbocycles. The molecule has 14 heteroatoms. The summed E-state index contributed by atoms with van der Waals surface area (Å²) < 4.78 is 43.8. The second-order valence-electron chi connectivity index (χ2n) is 15.9. The van der Waals surface area contributed by atoms with Crippen LogP contribution in [0.4, 0.5) is 0 Å². The van der Waals surface area contributed by atoms with Crippen LogP contribution in [0.15, 0.2) is 71.8 Å². The predicted molar refractivity (Wildman–Crippen MR) is 194 cm³/mol. The van der Waals surface area contributed by atoms with Crippen molar-refractivity contribution >= 4 is 35.8 Å². The minimum atomic E-state index is -1.94. The number of hydrogen-bond donors (Lipinski definition) is 1. The Kier molecular flexibility index (Phi) is 10.7. The molecule has 300 valence electrons. The van der Waals surface area contributed by atoms with Gasteiger partial charge in [0.1, 0.15) is 24.4 Å². The second-order valence-corrected chi connectivity index (χ2v) is 15.9. The van der Waals surface area contributed by atoms with Gasteiger partial charge < -0.3 is 38.3 Å². The van der Waals surface area contributed by atoms with Gasteiger partial charge in [-0.15, -0.1) is 0 Å². The molecular weight excluding hydrogens is 728 g/mol. The summed E-state index contributed by atoms with van der Waals surface area (Å²) in [5, 5.41) is 12.8. The van der Waals surface area contributed by atoms with Crippen LogP contribution < -0.4 is 0 Å². The lowest BCUT2D eigenvalue weighted by Gasteiger charge is -2.65. The Morgan fingerprint density at radius 1 is 0.732 bits per heavy atom. The number of ether oxygens (including phenoxy) is 7. The topological polar surface area (TPSA) is 187 Å². The quantitative estimate of drug-likeness (QED) is 0.214. The summed E-state index contributed by atoms with van der Waals surface area (Å²) in [4.78, 5) is 81.0. The van der Waals surface area contributed by atoms with Gasteiger partial charge in [0.25, 0.3) is 0 Å². The highest BCUT2D eigenvalue weighted by Crippen LogP contribution is 2.69. The van der Waals surface area contributed by atoms with Crippen molar-refractivity contribution in [2.24, 2.45) is 16.7 Å². The fourth-order valence-corrected chi connectivity index (χ4v) is 9.86. The monoisotopic (exact) mass is 776 g/mol. The number of benzene rings is 2. The van der Waals surface area contributed by atoms with Crippen molar-refractivity contribution in [1.29, 1.82) is 0 Å². The van der Waals surface area contributed by atoms with Crippen LogP contribution >= 0.6 is 0 Å². The lowest BCUT2D eigenvalue weighted by Crippen LogP contribution is -2.79. The zero-order chi connectivity index (χ0) is 41.0. The summed E-state index contributed by atoms with van der Waals surface area (Å²) in [7, 11) is 0. The number of hydrogen-bond acceptors (Lipinski definition) is 14. The van der Waals surface area contributed by atoms with E-state index in [1.165, 1.54) is 46.8 Å². The van der Waals surface area contributed by atoms with Crippen molar-refractivity contribution in [3.63, 3.8) is 0 Å². The van der Waals surface area contributed by atoms with Crippen LogP contribution in [-0.4, -0.2) is 95.4 Å². The SMILES string of the molecule is CC(=O)O[C@H]1C[C@]2(C(C)(C)O)C(=C1C)[C@@H](OC(=O)c1ccccc1)[C@H](OC(C)=O)[C@]1(C)[C@H](OC(C)=O)C[C@H]3OC[C@@]3(OC(C)=O)[C@@H]1[C@H]2OC(=O)c1ccccc1. The molecular formula is C42H48O14. The van der Waals surface area contributed by atoms with Gasteiger partial charge >= 0.3 is 35.8 Å². The number of fused-ring (bicyclic) bond motifs is 4. The maximum atomic E-state index is 14.5. The third kappa shape index (κ3) is 6.66. The Labute approximate surface area is 324 Å². The molecule has 1 N–H and O–H groups in total. The smallest absolute Gasteiger partial charge is 0.338 e. The van der Waals surface area contributed by atoms with Gasteiger partial charge in [-0.05, 0) is 56.2 Å². The van der Waals surface area contributed by atoms with Crippen LogP contribution in [0.5, 0.6) is 0 Å². The molecule has 0 bridgehead atoms. The maximum absolute atomic E-state index is 14.5. The van der Waals surface area contributed by atoms with Gasteiger partial charge in [-0.1, -0.05) is 43.3 Å². The predicted octanol–water partition coefficient (Wildman–Crippen LogP) is 4.45. The van der Waals surface area contributed by atoms with E-state index in [0.717, 1.165) is 6.92 Å². The highest BCUT2D eigenvalue weighted by Gasteiger charge is 2.81. The molecule has 2 aromatic rings. The number of carbonyl (C=O) groups is 6. The highest BCUT2D eigenvalue weighted by molar-refractivity contribution is 5.90. The van der Waals surface area contributed by atoms with Crippen molar-refractivity contribution in [2.45, 2.75) is 116 Å². The molecule has 0 aromatic heterocycles. The lowest BCUT2D eigenvalue weighted by atomic mass is 9.49. The van der Waals surface area contributed by atoms with Gasteiger partial charge in [0.15, 0.2) is 17.8 Å². The molecule has 2 saturated carbocycles. The fourth-order valence-electron chi connectivity index (χ4n) is 9.86. The van der Waals surface area contributed by atoms with Crippen LogP contribution in [0.3, 0.4) is 0 Å². The first-order valence-corrected chi connectivity index (χ1v) is 18.6. The standard InChI is InChI=1S/C42H48O14/c1-22-29(51-23(2)43)20-41(39(6,7)49)32(22)33(54-37(47)27-15-11-9-12-16-27)35(53-25(4)45)40(8)30(52-24(3)44)19-31-42(21-50-31,56-26(5)46)34(40)36(41)55-38(48)28-17-13-10-14-18-28/h9-18,29-31,33-36,49H,19-21H2,1-8H3/t29-,30+,31+,33+,34+,35-,36+,40+,41-,42-/m0/s1. The molecule has 10 atom stereocenters. The third-order valence-corrected chi connectivity index (χ3v) is 12.1. The number of esters is 6. The molecule has 6 rings (SSSR count). The molecule has 0 amide bonds. The average molecular weight is 777 g/mol. The van der Waals surface area contributed by atoms with E-state index in [2.05, 4.69) is 0 Å². The van der Waals surface area contributed by atoms with Gasteiger partial charge in [-0.3, -0.25) is 19.2 Å². The van der Waals surface area contributed by atoms with Crippen molar-refractivity contribution in [3.8, 4) is 0 Å². The van der Waals surface area contributed by atoms with Crippen LogP contribution in [0.2, 0.25) is 0 Å². The number of carbonyl (C=O) groups excluding carboxylic acids is 6. The zero-order valence-electron chi connectivity index (χ0n) is 32.7. The molecule has 1 saturated heterocycles. The van der Waals surface area contributed by atoms with E-state index in [4.69, 9.17) is 33.2 Å². The summed E-state index contributed by atoms with van der Waals surface area (Å²) in [6.45, 7) is 10.8. The van der Waals surface area contributed by atoms with Gasteiger partial charge in [-0.2, -0.15) is 0 Å². The number of rotatable bonds is 9. The van der Waals surface area contributed by atoms with Crippen LogP contribution in [0.1, 0.15) is 88.9 Å². The third-order valence-electron chi connectivity index (χ3n) is 12.1. The Balaban J connectivity index is 1.77. The van der Waals surface area contributed by atoms with Gasteiger partial charge in [0.2, 0.25) is 0 Å². The van der Waals surface area contributed by atoms with Crippen LogP contribution in [0.25, 0.3) is 0 Å². The van der Waals surface area contributed by atoms with Crippen molar-refractivity contribution in [3.05, 3.63) is 82.9 Å². The number of aliphatic hydroxyl groups is 1. The summed E-state index contributed by atoms with van der Waals surface area (Å²) in [5.41, 5.74) is -6.40. The van der Waals surface area contributed by atoms with E-state index >= 15 is 0 Å². The molecule has 0 unspecified atom stereocenters. The first-order chi connectivity index (χ1) is 26.3. The van der Waals surface area contributed by atoms with Gasteiger partial charge in [-0.25, -0.2) is 9.59 Å². The Hall–Kier alpha value is -5.08. The minimum absolute atomic E-state index is 0.0695. The summed E-state index contributed by atoms with van der Waals surface area (Å²) in [5.74, 6) is -5.89. The molecule has 1 aliphatic heterocycles. The molecule has 1 heterocycles. The Bertz CT molecular complexity index is 1930. The van der Waals surface area contributed by atoms with E-state index < -0.39 is 100 Å². The maximum Gasteiger partial charge on any atom is 0.338 e. The van der Waals surface area contributed by atoms with Crippen LogP contribution in [-0.2, 0) is 52.3 Å². The fraction of sp³-hybridized carbons (Fsp3) is 0.524.